The lowest BCUT2D eigenvalue weighted by molar-refractivity contribution is -0.592. The van der Waals surface area contributed by atoms with Gasteiger partial charge in [0.15, 0.2) is 6.20 Å². The molecule has 1 N–H and O–H groups in total. The van der Waals surface area contributed by atoms with Gasteiger partial charge in [-0.3, -0.25) is 4.79 Å². The molecule has 3 heterocycles. The summed E-state index contributed by atoms with van der Waals surface area (Å²) in [6.45, 7) is 4.28. The lowest BCUT2D eigenvalue weighted by Crippen LogP contribution is -2.31. The maximum atomic E-state index is 13.1. The summed E-state index contributed by atoms with van der Waals surface area (Å²) in [5.41, 5.74) is 9.36. The number of nitrogens with one attached hydrogen (secondary N) is 1. The number of benzene rings is 3. The number of carbonyl (C=O) groups is 1. The van der Waals surface area contributed by atoms with Gasteiger partial charge in [-0.15, -0.1) is 0 Å². The van der Waals surface area contributed by atoms with Crippen molar-refractivity contribution in [3.8, 4) is 16.8 Å². The molecule has 0 amide bonds. The van der Waals surface area contributed by atoms with E-state index in [1.807, 2.05) is 35.0 Å². The highest BCUT2D eigenvalue weighted by Crippen LogP contribution is 2.33. The van der Waals surface area contributed by atoms with Crippen molar-refractivity contribution in [3.63, 3.8) is 0 Å². The molecule has 1 aliphatic heterocycles. The van der Waals surface area contributed by atoms with E-state index < -0.39 is 0 Å². The van der Waals surface area contributed by atoms with Crippen LogP contribution in [0.1, 0.15) is 27.2 Å². The quantitative estimate of drug-likeness (QED) is 0.383. The standard InChI is InChI=1S/C26H18N2O/c1-15-7-8-17(13-16(15)2)18-9-10-22-21(14-18)19-11-12-28-23-6-4-3-5-20(23)26(29)25(28)24(19)27-22/h3-14H,1-2H3/p+1. The van der Waals surface area contributed by atoms with Gasteiger partial charge in [0.05, 0.1) is 0 Å². The molecule has 0 spiro atoms. The Labute approximate surface area is 168 Å². The number of ketones is 1. The van der Waals surface area contributed by atoms with Crippen molar-refractivity contribution in [1.82, 2.24) is 4.98 Å². The molecule has 2 aromatic heterocycles. The van der Waals surface area contributed by atoms with Gasteiger partial charge in [-0.1, -0.05) is 36.4 Å². The first-order valence-corrected chi connectivity index (χ1v) is 9.83. The number of para-hydroxylation sites is 1. The number of carbonyl (C=O) groups excluding carboxylic acids is 1. The Hall–Kier alpha value is -3.72. The van der Waals surface area contributed by atoms with Crippen LogP contribution in [0.5, 0.6) is 0 Å². The van der Waals surface area contributed by atoms with Crippen molar-refractivity contribution in [1.29, 1.82) is 0 Å². The summed E-state index contributed by atoms with van der Waals surface area (Å²) in [4.78, 5) is 16.6. The zero-order chi connectivity index (χ0) is 19.7. The molecule has 3 heteroatoms. The average Bonchev–Trinajstić information content (AvgIpc) is 3.25. The van der Waals surface area contributed by atoms with Crippen LogP contribution in [0.15, 0.2) is 72.9 Å². The van der Waals surface area contributed by atoms with Crippen molar-refractivity contribution in [3.05, 3.63) is 95.3 Å². The van der Waals surface area contributed by atoms with Gasteiger partial charge in [0, 0.05) is 28.4 Å². The van der Waals surface area contributed by atoms with Crippen molar-refractivity contribution >= 4 is 27.6 Å². The molecule has 0 unspecified atom stereocenters. The fourth-order valence-corrected chi connectivity index (χ4v) is 4.44. The molecular formula is C26H19N2O+. The fraction of sp³-hybridized carbons (Fsp3) is 0.0769. The Bertz CT molecular complexity index is 1490. The predicted molar refractivity (Wildman–Crippen MR) is 116 cm³/mol. The van der Waals surface area contributed by atoms with Crippen LogP contribution in [-0.4, -0.2) is 10.8 Å². The van der Waals surface area contributed by atoms with Gasteiger partial charge in [0.2, 0.25) is 5.69 Å². The van der Waals surface area contributed by atoms with Crippen LogP contribution in [0.3, 0.4) is 0 Å². The summed E-state index contributed by atoms with van der Waals surface area (Å²) < 4.78 is 2.00. The van der Waals surface area contributed by atoms with Gasteiger partial charge in [0.1, 0.15) is 11.1 Å². The SMILES string of the molecule is Cc1ccc(-c2ccc3[nH]c4c5[n+](ccc4c3c2)-c2ccccc2C5=O)cc1C. The lowest BCUT2D eigenvalue weighted by atomic mass is 9.99. The van der Waals surface area contributed by atoms with Gasteiger partial charge >= 0.3 is 0 Å². The van der Waals surface area contributed by atoms with Crippen LogP contribution in [0.4, 0.5) is 0 Å². The molecule has 6 rings (SSSR count). The number of aromatic amines is 1. The second-order valence-electron chi connectivity index (χ2n) is 7.85. The van der Waals surface area contributed by atoms with Crippen LogP contribution in [-0.2, 0) is 0 Å². The third kappa shape index (κ3) is 2.18. The highest BCUT2D eigenvalue weighted by Gasteiger charge is 2.37. The molecule has 0 saturated heterocycles. The molecule has 0 saturated carbocycles. The van der Waals surface area contributed by atoms with Crippen molar-refractivity contribution in [2.24, 2.45) is 0 Å². The third-order valence-corrected chi connectivity index (χ3v) is 6.17. The van der Waals surface area contributed by atoms with Crippen LogP contribution in [0, 0.1) is 13.8 Å². The Morgan fingerprint density at radius 2 is 1.59 bits per heavy atom. The van der Waals surface area contributed by atoms with Gasteiger partial charge in [0.25, 0.3) is 11.5 Å². The van der Waals surface area contributed by atoms with E-state index in [1.54, 1.807) is 0 Å². The van der Waals surface area contributed by atoms with Crippen molar-refractivity contribution in [2.75, 3.05) is 0 Å². The van der Waals surface area contributed by atoms with E-state index in [1.165, 1.54) is 22.3 Å². The molecule has 1 aliphatic rings. The molecule has 0 aliphatic carbocycles. The number of pyridine rings is 1. The maximum Gasteiger partial charge on any atom is 0.284 e. The topological polar surface area (TPSA) is 36.7 Å². The van der Waals surface area contributed by atoms with Gasteiger partial charge in [-0.25, -0.2) is 0 Å². The monoisotopic (exact) mass is 375 g/mol. The molecule has 3 aromatic carbocycles. The minimum Gasteiger partial charge on any atom is -0.349 e. The number of aromatic nitrogens is 2. The summed E-state index contributed by atoms with van der Waals surface area (Å²) in [5, 5.41) is 2.22. The van der Waals surface area contributed by atoms with Crippen molar-refractivity contribution < 1.29 is 9.36 Å². The fourth-order valence-electron chi connectivity index (χ4n) is 4.44. The zero-order valence-electron chi connectivity index (χ0n) is 16.3. The van der Waals surface area contributed by atoms with Gasteiger partial charge in [-0.2, -0.15) is 4.57 Å². The van der Waals surface area contributed by atoms with E-state index in [4.69, 9.17) is 0 Å². The van der Waals surface area contributed by atoms with Gasteiger partial charge in [-0.05, 0) is 54.3 Å². The summed E-state index contributed by atoms with van der Waals surface area (Å²) >= 11 is 0. The number of H-pyrrole nitrogens is 1. The molecule has 5 aromatic rings. The second kappa shape index (κ2) is 5.65. The number of hydrogen-bond donors (Lipinski definition) is 1. The molecule has 0 radical (unpaired) electrons. The second-order valence-corrected chi connectivity index (χ2v) is 7.85. The summed E-state index contributed by atoms with van der Waals surface area (Å²) in [6.07, 6.45) is 2.01. The van der Waals surface area contributed by atoms with E-state index in [9.17, 15) is 4.79 Å². The smallest absolute Gasteiger partial charge is 0.284 e. The Morgan fingerprint density at radius 3 is 2.45 bits per heavy atom. The maximum absolute atomic E-state index is 13.1. The Balaban J connectivity index is 1.60. The summed E-state index contributed by atoms with van der Waals surface area (Å²) in [5.74, 6) is 0.0761. The first kappa shape index (κ1) is 16.3. The molecule has 138 valence electrons. The first-order chi connectivity index (χ1) is 14.1. The average molecular weight is 375 g/mol. The zero-order valence-corrected chi connectivity index (χ0v) is 16.3. The first-order valence-electron chi connectivity index (χ1n) is 9.83. The lowest BCUT2D eigenvalue weighted by Gasteiger charge is -2.06. The minimum atomic E-state index is 0.0761. The van der Waals surface area contributed by atoms with Crippen LogP contribution in [0.25, 0.3) is 38.6 Å². The number of rotatable bonds is 1. The number of aryl methyl sites for hydroxylation is 2. The van der Waals surface area contributed by atoms with Crippen LogP contribution >= 0.6 is 0 Å². The number of fused-ring (bicyclic) bond motifs is 7. The summed E-state index contributed by atoms with van der Waals surface area (Å²) in [7, 11) is 0. The summed E-state index contributed by atoms with van der Waals surface area (Å²) in [6, 6.07) is 23.0. The Kier molecular flexibility index (Phi) is 3.16. The minimum absolute atomic E-state index is 0.0761. The molecular weight excluding hydrogens is 356 g/mol. The molecule has 3 nitrogen and oxygen atoms in total. The van der Waals surface area contributed by atoms with E-state index >= 15 is 0 Å². The van der Waals surface area contributed by atoms with E-state index in [2.05, 4.69) is 61.3 Å². The van der Waals surface area contributed by atoms with Crippen LogP contribution in [0.2, 0.25) is 0 Å². The van der Waals surface area contributed by atoms with E-state index in [0.29, 0.717) is 5.69 Å². The number of hydrogen-bond acceptors (Lipinski definition) is 1. The predicted octanol–water partition coefficient (Wildman–Crippen LogP) is 5.43. The van der Waals surface area contributed by atoms with Crippen LogP contribution < -0.4 is 4.57 Å². The normalized spacial score (nSPS) is 12.6. The van der Waals surface area contributed by atoms with E-state index in [-0.39, 0.29) is 5.78 Å². The largest absolute Gasteiger partial charge is 0.349 e. The third-order valence-electron chi connectivity index (χ3n) is 6.17. The molecule has 0 fully saturated rings. The molecule has 0 bridgehead atoms. The van der Waals surface area contributed by atoms with E-state index in [0.717, 1.165) is 33.1 Å². The molecule has 29 heavy (non-hydrogen) atoms. The molecule has 0 atom stereocenters. The highest BCUT2D eigenvalue weighted by molar-refractivity contribution is 6.20. The van der Waals surface area contributed by atoms with Gasteiger partial charge < -0.3 is 4.98 Å². The highest BCUT2D eigenvalue weighted by atomic mass is 16.1. The van der Waals surface area contributed by atoms with Crippen molar-refractivity contribution in [2.45, 2.75) is 13.8 Å². The number of nitrogens with zero attached hydrogens (tertiary/aromatic N) is 1. The Morgan fingerprint density at radius 1 is 0.793 bits per heavy atom.